The van der Waals surface area contributed by atoms with Crippen molar-refractivity contribution >= 4 is 51.8 Å². The molecule has 0 unspecified atom stereocenters. The molecular weight excluding hydrogens is 599 g/mol. The number of nitrogens with two attached hydrogens (primary N) is 1. The Morgan fingerprint density at radius 2 is 1.81 bits per heavy atom. The summed E-state index contributed by atoms with van der Waals surface area (Å²) in [6, 6.07) is 1.56. The second-order valence-electron chi connectivity index (χ2n) is 9.72. The van der Waals surface area contributed by atoms with Crippen molar-refractivity contribution in [3.05, 3.63) is 43.7 Å². The summed E-state index contributed by atoms with van der Waals surface area (Å²) in [7, 11) is 2.94. The molecule has 11 nitrogen and oxygen atoms in total. The number of amides is 1. The highest BCUT2D eigenvalue weighted by molar-refractivity contribution is 14.1. The van der Waals surface area contributed by atoms with Gasteiger partial charge in [0.25, 0.3) is 5.91 Å². The number of ether oxygens (including phenoxy) is 1. The van der Waals surface area contributed by atoms with Gasteiger partial charge in [-0.2, -0.15) is 0 Å². The number of esters is 1. The molecule has 3 aliphatic carbocycles. The highest BCUT2D eigenvalue weighted by Gasteiger charge is 2.69. The van der Waals surface area contributed by atoms with E-state index in [2.05, 4.69) is 0 Å². The maximum Gasteiger partial charge on any atom is 0.305 e. The molecule has 37 heavy (non-hydrogen) atoms. The minimum absolute atomic E-state index is 0.0312. The van der Waals surface area contributed by atoms with Crippen LogP contribution in [0.3, 0.4) is 0 Å². The first-order valence-corrected chi connectivity index (χ1v) is 12.6. The van der Waals surface area contributed by atoms with Crippen LogP contribution in [-0.2, 0) is 23.9 Å². The largest absolute Gasteiger partial charge is 0.508 e. The predicted molar refractivity (Wildman–Crippen MR) is 137 cm³/mol. The number of primary amides is 1. The summed E-state index contributed by atoms with van der Waals surface area (Å²) < 4.78 is 6.43. The number of rotatable bonds is 4. The number of likely N-dealkylation sites (N-methyl/N-ethyl adjacent to an activating group) is 1. The molecule has 0 radical (unpaired) electrons. The maximum atomic E-state index is 14.1. The molecule has 1 amide bonds. The van der Waals surface area contributed by atoms with Crippen LogP contribution in [0, 0.1) is 15.4 Å². The van der Waals surface area contributed by atoms with Gasteiger partial charge < -0.3 is 30.9 Å². The van der Waals surface area contributed by atoms with Crippen LogP contribution in [0.2, 0.25) is 0 Å². The Morgan fingerprint density at radius 1 is 1.19 bits per heavy atom. The monoisotopic (exact) mass is 626 g/mol. The van der Waals surface area contributed by atoms with Crippen molar-refractivity contribution < 1.29 is 44.3 Å². The lowest BCUT2D eigenvalue weighted by atomic mass is 9.54. The summed E-state index contributed by atoms with van der Waals surface area (Å²) in [6.07, 6.45) is -1.48. The molecule has 1 aromatic rings. The van der Waals surface area contributed by atoms with Crippen molar-refractivity contribution in [2.45, 2.75) is 43.9 Å². The fourth-order valence-corrected chi connectivity index (χ4v) is 6.93. The Morgan fingerprint density at radius 3 is 2.35 bits per heavy atom. The van der Waals surface area contributed by atoms with Crippen molar-refractivity contribution in [2.75, 3.05) is 14.1 Å². The van der Waals surface area contributed by atoms with Gasteiger partial charge in [0.15, 0.2) is 11.4 Å². The van der Waals surface area contributed by atoms with E-state index in [0.29, 0.717) is 9.13 Å². The summed E-state index contributed by atoms with van der Waals surface area (Å²) in [5.41, 5.74) is 1.52. The molecule has 198 valence electrons. The number of carbonyl (C=O) groups excluding carboxylic acids is 4. The average Bonchev–Trinajstić information content (AvgIpc) is 2.81. The highest BCUT2D eigenvalue weighted by Crippen LogP contribution is 2.57. The van der Waals surface area contributed by atoms with Crippen LogP contribution in [0.4, 0.5) is 0 Å². The third-order valence-electron chi connectivity index (χ3n) is 7.58. The van der Waals surface area contributed by atoms with E-state index >= 15 is 0 Å². The molecular formula is C25H27IN2O9. The maximum absolute atomic E-state index is 14.1. The number of Topliss-reactive ketones (excluding diaryl/α,β-unsaturated/α-hetero) is 2. The minimum Gasteiger partial charge on any atom is -0.508 e. The first-order valence-electron chi connectivity index (χ1n) is 11.6. The number of aliphatic hydroxyl groups is 3. The number of aliphatic hydroxyl groups excluding tert-OH is 2. The van der Waals surface area contributed by atoms with Crippen LogP contribution < -0.4 is 5.73 Å². The Labute approximate surface area is 225 Å². The Kier molecular flexibility index (Phi) is 6.66. The quantitative estimate of drug-likeness (QED) is 0.184. The lowest BCUT2D eigenvalue weighted by Crippen LogP contribution is -2.71. The van der Waals surface area contributed by atoms with E-state index in [1.54, 1.807) is 13.0 Å². The minimum atomic E-state index is -2.94. The SMILES string of the molecule is CCC(=O)O[C@H]1[C@H]2C(=C(O)c3c(O)ccc(I)c3[C@@H]2C)C(=O)[C@]2(O)C(O)=C(C(N)=O)C(=O)[C@@H](N(C)C)[C@H]12. The topological polar surface area (TPSA) is 188 Å². The standard InChI is InChI=1S/C25H27IN2O9/c1-5-11(30)37-21-13-8(2)12-9(26)6-7-10(29)14(12)19(31)15(13)22(33)25(36)17(21)18(28(3)4)20(32)16(23(25)34)24(27)35/h6-8,13,17-18,21,29,31,34,36H,5H2,1-4H3,(H2,27,35)/t8-,13+,17+,18-,21-,25-/m0/s1. The van der Waals surface area contributed by atoms with Crippen LogP contribution in [0.25, 0.3) is 5.76 Å². The summed E-state index contributed by atoms with van der Waals surface area (Å²) >= 11 is 2.02. The zero-order valence-corrected chi connectivity index (χ0v) is 22.6. The van der Waals surface area contributed by atoms with E-state index in [4.69, 9.17) is 10.5 Å². The molecule has 6 N–H and O–H groups in total. The Bertz CT molecular complexity index is 1320. The number of phenolic OH excluding ortho intramolecular Hbond substituents is 1. The lowest BCUT2D eigenvalue weighted by molar-refractivity contribution is -0.185. The first-order chi connectivity index (χ1) is 17.2. The lowest BCUT2D eigenvalue weighted by Gasteiger charge is -2.54. The van der Waals surface area contributed by atoms with Gasteiger partial charge in [-0.3, -0.25) is 24.1 Å². The third kappa shape index (κ3) is 3.60. The molecule has 3 aliphatic rings. The zero-order valence-electron chi connectivity index (χ0n) is 20.5. The number of phenols is 1. The summed E-state index contributed by atoms with van der Waals surface area (Å²) in [4.78, 5) is 53.6. The Hall–Kier alpha value is -2.97. The normalized spacial score (nSPS) is 31.2. The third-order valence-corrected chi connectivity index (χ3v) is 8.52. The number of aromatic hydroxyl groups is 1. The number of carbonyl (C=O) groups is 4. The number of hydrogen-bond acceptors (Lipinski definition) is 10. The molecule has 0 saturated heterocycles. The summed E-state index contributed by atoms with van der Waals surface area (Å²) in [6.45, 7) is 3.25. The average molecular weight is 626 g/mol. The molecule has 1 aromatic carbocycles. The van der Waals surface area contributed by atoms with Crippen LogP contribution in [0.15, 0.2) is 29.0 Å². The van der Waals surface area contributed by atoms with E-state index in [0.717, 1.165) is 0 Å². The van der Waals surface area contributed by atoms with Gasteiger partial charge in [0, 0.05) is 21.5 Å². The van der Waals surface area contributed by atoms with Gasteiger partial charge in [-0.25, -0.2) is 0 Å². The van der Waals surface area contributed by atoms with E-state index < -0.39 is 81.6 Å². The van der Waals surface area contributed by atoms with Crippen LogP contribution in [-0.4, -0.2) is 80.6 Å². The number of fused-ring (bicyclic) bond motifs is 3. The number of hydrogen-bond donors (Lipinski definition) is 5. The van der Waals surface area contributed by atoms with Gasteiger partial charge in [-0.15, -0.1) is 0 Å². The van der Waals surface area contributed by atoms with Crippen LogP contribution >= 0.6 is 22.6 Å². The fourth-order valence-electron chi connectivity index (χ4n) is 5.99. The molecule has 0 aliphatic heterocycles. The van der Waals surface area contributed by atoms with E-state index in [1.807, 2.05) is 22.6 Å². The van der Waals surface area contributed by atoms with Crippen LogP contribution in [0.1, 0.15) is 37.3 Å². The number of ketones is 2. The molecule has 6 atom stereocenters. The Balaban J connectivity index is 2.14. The molecule has 0 aromatic heterocycles. The number of nitrogens with zero attached hydrogens (tertiary/aromatic N) is 1. The van der Waals surface area contributed by atoms with Gasteiger partial charge in [-0.1, -0.05) is 13.8 Å². The van der Waals surface area contributed by atoms with Gasteiger partial charge in [0.2, 0.25) is 5.78 Å². The van der Waals surface area contributed by atoms with E-state index in [9.17, 15) is 39.6 Å². The molecule has 1 fully saturated rings. The molecule has 4 rings (SSSR count). The van der Waals surface area contributed by atoms with Crippen molar-refractivity contribution in [1.82, 2.24) is 4.90 Å². The van der Waals surface area contributed by atoms with Crippen molar-refractivity contribution in [3.8, 4) is 5.75 Å². The van der Waals surface area contributed by atoms with E-state index in [-0.39, 0.29) is 17.7 Å². The first kappa shape index (κ1) is 27.1. The predicted octanol–water partition coefficient (Wildman–Crippen LogP) is 1.06. The summed E-state index contributed by atoms with van der Waals surface area (Å²) in [5, 5.41) is 44.9. The smallest absolute Gasteiger partial charge is 0.305 e. The fraction of sp³-hybridized carbons (Fsp3) is 0.440. The number of benzene rings is 1. The van der Waals surface area contributed by atoms with Crippen molar-refractivity contribution in [3.63, 3.8) is 0 Å². The molecule has 12 heteroatoms. The van der Waals surface area contributed by atoms with Gasteiger partial charge in [0.05, 0.1) is 17.5 Å². The van der Waals surface area contributed by atoms with Gasteiger partial charge in [0.1, 0.15) is 28.9 Å². The molecule has 1 saturated carbocycles. The number of halogens is 1. The van der Waals surface area contributed by atoms with Crippen molar-refractivity contribution in [1.29, 1.82) is 0 Å². The summed E-state index contributed by atoms with van der Waals surface area (Å²) in [5.74, 6) is -9.70. The second kappa shape index (κ2) is 9.10. The van der Waals surface area contributed by atoms with Crippen LogP contribution in [0.5, 0.6) is 5.75 Å². The molecule has 0 spiro atoms. The molecule has 0 heterocycles. The van der Waals surface area contributed by atoms with Gasteiger partial charge >= 0.3 is 5.97 Å². The van der Waals surface area contributed by atoms with Crippen molar-refractivity contribution in [2.24, 2.45) is 17.6 Å². The van der Waals surface area contributed by atoms with Gasteiger partial charge in [-0.05, 0) is 60.3 Å². The zero-order chi connectivity index (χ0) is 27.7. The highest BCUT2D eigenvalue weighted by atomic mass is 127. The molecule has 0 bridgehead atoms. The van der Waals surface area contributed by atoms with E-state index in [1.165, 1.54) is 32.0 Å². The second-order valence-corrected chi connectivity index (χ2v) is 10.9.